The Morgan fingerprint density at radius 1 is 1.11 bits per heavy atom. The first-order valence-electron chi connectivity index (χ1n) is 6.04. The van der Waals surface area contributed by atoms with Crippen molar-refractivity contribution in [3.8, 4) is 11.5 Å². The van der Waals surface area contributed by atoms with Crippen molar-refractivity contribution in [3.05, 3.63) is 59.6 Å². The Morgan fingerprint density at radius 2 is 1.79 bits per heavy atom. The molecule has 2 rings (SSSR count). The lowest BCUT2D eigenvalue weighted by Gasteiger charge is -2.11. The Hall–Kier alpha value is -1.75. The third-order valence-electron chi connectivity index (χ3n) is 3.00. The highest BCUT2D eigenvalue weighted by Crippen LogP contribution is 2.30. The van der Waals surface area contributed by atoms with E-state index in [2.05, 4.69) is 36.8 Å². The third-order valence-corrected chi connectivity index (χ3v) is 3.48. The van der Waals surface area contributed by atoms with Gasteiger partial charge in [0.15, 0.2) is 0 Å². The molecule has 0 bridgehead atoms. The van der Waals surface area contributed by atoms with Crippen molar-refractivity contribution in [2.45, 2.75) is 6.92 Å². The van der Waals surface area contributed by atoms with Crippen molar-refractivity contribution in [1.82, 2.24) is 0 Å². The molecule has 0 amide bonds. The Labute approximate surface area is 122 Å². The van der Waals surface area contributed by atoms with Crippen molar-refractivity contribution in [3.63, 3.8) is 0 Å². The van der Waals surface area contributed by atoms with Crippen LogP contribution in [0.15, 0.2) is 43.5 Å². The Kier molecular flexibility index (Phi) is 3.95. The summed E-state index contributed by atoms with van der Waals surface area (Å²) in [5.41, 5.74) is 7.04. The molecule has 0 unspecified atom stereocenters. The third kappa shape index (κ3) is 2.81. The average Bonchev–Trinajstić information content (AvgIpc) is 2.37. The lowest BCUT2D eigenvalue weighted by atomic mass is 9.93. The molecule has 0 heterocycles. The topological polar surface area (TPSA) is 0 Å². The summed E-state index contributed by atoms with van der Waals surface area (Å²) in [4.78, 5) is 0. The molecule has 0 spiro atoms. The predicted molar refractivity (Wildman–Crippen MR) is 90.4 cm³/mol. The Morgan fingerprint density at radius 3 is 2.42 bits per heavy atom. The maximum Gasteiger partial charge on any atom is 0.0911 e. The monoisotopic (exact) mass is 282 g/mol. The first-order chi connectivity index (χ1) is 9.02. The largest absolute Gasteiger partial charge is 0.138 e. The zero-order valence-corrected chi connectivity index (χ0v) is 13.9. The van der Waals surface area contributed by atoms with E-state index >= 15 is 0 Å². The van der Waals surface area contributed by atoms with E-state index in [0.717, 1.165) is 48.3 Å². The first-order valence-corrected chi connectivity index (χ1v) is 7.42. The molecule has 0 radical (unpaired) electrons. The van der Waals surface area contributed by atoms with Crippen LogP contribution in [0.1, 0.15) is 18.1 Å². The second-order valence-corrected chi connectivity index (χ2v) is 5.46. The molecule has 0 saturated heterocycles. The molecule has 0 aliphatic rings. The molecule has 0 atom stereocenters. The van der Waals surface area contributed by atoms with Crippen LogP contribution >= 0.6 is 11.6 Å². The number of allylic oxidation sites excluding steroid dienone is 2. The lowest BCUT2D eigenvalue weighted by molar-refractivity contribution is 1.57. The van der Waals surface area contributed by atoms with Crippen LogP contribution in [0.4, 0.5) is 0 Å². The number of hydrogen-bond donors (Lipinski definition) is 0. The molecule has 94 valence electrons. The summed E-state index contributed by atoms with van der Waals surface area (Å²) in [7, 11) is 0.853. The van der Waals surface area contributed by atoms with E-state index in [-0.39, 0.29) is 0 Å². The van der Waals surface area contributed by atoms with Crippen LogP contribution in [0.3, 0.4) is 0 Å². The van der Waals surface area contributed by atoms with E-state index < -0.39 is 0 Å². The Balaban J connectivity index is 2.77. The van der Waals surface area contributed by atoms with Crippen LogP contribution < -0.4 is 0 Å². The molecule has 0 aliphatic heterocycles. The minimum absolute atomic E-state index is 0.742. The van der Waals surface area contributed by atoms with Crippen LogP contribution in [-0.4, -0.2) is 10.2 Å². The maximum absolute atomic E-state index is 6.04. The summed E-state index contributed by atoms with van der Waals surface area (Å²) < 4.78 is 0. The highest BCUT2D eigenvalue weighted by Gasteiger charge is 2.08. The summed E-state index contributed by atoms with van der Waals surface area (Å²) in [6, 6.07) is 10.1. The normalized spacial score (nSPS) is 10.0. The van der Waals surface area contributed by atoms with Crippen LogP contribution in [0.5, 0.6) is 0 Å². The van der Waals surface area contributed by atoms with Crippen LogP contribution in [0, 0.1) is 11.5 Å². The van der Waals surface area contributed by atoms with E-state index in [1.807, 2.05) is 25.1 Å². The van der Waals surface area contributed by atoms with E-state index in [1.54, 1.807) is 0 Å². The van der Waals surface area contributed by atoms with Gasteiger partial charge in [0, 0.05) is 10.6 Å². The summed E-state index contributed by atoms with van der Waals surface area (Å²) in [5, 5.41) is 2.99. The van der Waals surface area contributed by atoms with E-state index in [0.29, 0.717) is 0 Å². The zero-order valence-electron chi connectivity index (χ0n) is 11.2. The number of hydrogen-bond acceptors (Lipinski definition) is 0. The summed E-state index contributed by atoms with van der Waals surface area (Å²) in [6.45, 7) is 10.1. The van der Waals surface area contributed by atoms with Crippen molar-refractivity contribution in [2.75, 3.05) is 0 Å². The fraction of sp³-hybridized carbons (Fsp3) is 0.0588. The molecular formula is C17H15ClSi. The first kappa shape index (κ1) is 13.7. The fourth-order valence-electron chi connectivity index (χ4n) is 2.09. The molecule has 19 heavy (non-hydrogen) atoms. The van der Waals surface area contributed by atoms with Crippen LogP contribution in [-0.2, 0) is 0 Å². The molecule has 0 saturated carbocycles. The molecule has 0 fully saturated rings. The molecule has 0 aromatic heterocycles. The van der Waals surface area contributed by atoms with Crippen molar-refractivity contribution < 1.29 is 0 Å². The standard InChI is InChI=1S/C17H15ClSi/c1-11(2)16-10-14-8-15(18)5-4-13(14)9-17(16)12(3)6-7-19/h4-5,8-10H,1,3H2,2,19H3. The smallest absolute Gasteiger partial charge is 0.0911 e. The highest BCUT2D eigenvalue weighted by molar-refractivity contribution is 6.31. The van der Waals surface area contributed by atoms with Gasteiger partial charge in [-0.05, 0) is 53.1 Å². The quantitative estimate of drug-likeness (QED) is 0.579. The number of fused-ring (bicyclic) bond motifs is 1. The van der Waals surface area contributed by atoms with Crippen LogP contribution in [0.25, 0.3) is 21.9 Å². The van der Waals surface area contributed by atoms with Gasteiger partial charge in [0.25, 0.3) is 0 Å². The van der Waals surface area contributed by atoms with Crippen molar-refractivity contribution >= 4 is 43.8 Å². The van der Waals surface area contributed by atoms with Crippen LogP contribution in [0.2, 0.25) is 5.02 Å². The Bertz CT molecular complexity index is 745. The van der Waals surface area contributed by atoms with Gasteiger partial charge in [-0.1, -0.05) is 42.3 Å². The van der Waals surface area contributed by atoms with E-state index in [9.17, 15) is 0 Å². The average molecular weight is 283 g/mol. The summed E-state index contributed by atoms with van der Waals surface area (Å²) >= 11 is 6.04. The van der Waals surface area contributed by atoms with Gasteiger partial charge in [-0.3, -0.25) is 0 Å². The van der Waals surface area contributed by atoms with Gasteiger partial charge < -0.3 is 0 Å². The van der Waals surface area contributed by atoms with Gasteiger partial charge in [0.05, 0.1) is 10.2 Å². The molecule has 2 aromatic carbocycles. The number of rotatable bonds is 2. The second-order valence-electron chi connectivity index (χ2n) is 4.52. The number of benzene rings is 2. The SMILES string of the molecule is C=C(C)c1cc2cc(Cl)ccc2cc1C(=C)C#C[SiH3]. The molecule has 0 aliphatic carbocycles. The van der Waals surface area contributed by atoms with Crippen molar-refractivity contribution in [1.29, 1.82) is 0 Å². The number of halogens is 1. The van der Waals surface area contributed by atoms with Crippen molar-refractivity contribution in [2.24, 2.45) is 0 Å². The van der Waals surface area contributed by atoms with E-state index in [4.69, 9.17) is 11.6 Å². The van der Waals surface area contributed by atoms with Gasteiger partial charge in [-0.25, -0.2) is 0 Å². The molecule has 0 nitrogen and oxygen atoms in total. The predicted octanol–water partition coefficient (Wildman–Crippen LogP) is 3.87. The van der Waals surface area contributed by atoms with Gasteiger partial charge in [0.1, 0.15) is 0 Å². The van der Waals surface area contributed by atoms with Gasteiger partial charge in [0.2, 0.25) is 0 Å². The maximum atomic E-state index is 6.04. The molecule has 2 heteroatoms. The fourth-order valence-corrected chi connectivity index (χ4v) is 2.57. The second kappa shape index (κ2) is 5.48. The summed E-state index contributed by atoms with van der Waals surface area (Å²) in [6.07, 6.45) is 0. The van der Waals surface area contributed by atoms with E-state index in [1.165, 1.54) is 0 Å². The summed E-state index contributed by atoms with van der Waals surface area (Å²) in [5.74, 6) is 3.08. The molecule has 0 N–H and O–H groups in total. The van der Waals surface area contributed by atoms with Gasteiger partial charge in [-0.15, -0.1) is 5.54 Å². The highest BCUT2D eigenvalue weighted by atomic mass is 35.5. The minimum Gasteiger partial charge on any atom is -0.138 e. The minimum atomic E-state index is 0.742. The zero-order chi connectivity index (χ0) is 14.0. The molecular weight excluding hydrogens is 268 g/mol. The molecule has 2 aromatic rings. The van der Waals surface area contributed by atoms with Gasteiger partial charge in [-0.2, -0.15) is 0 Å². The van der Waals surface area contributed by atoms with Gasteiger partial charge >= 0.3 is 0 Å². The lowest BCUT2D eigenvalue weighted by Crippen LogP contribution is -1.90.